The molecule has 2 aromatic rings. The monoisotopic (exact) mass is 624 g/mol. The Balaban J connectivity index is 1.86. The second-order valence-corrected chi connectivity index (χ2v) is 14.2. The largest absolute Gasteiger partial charge is 0.391 e. The molecule has 5 N–H and O–H groups in total. The molecule has 1 aromatic heterocycles. The zero-order valence-corrected chi connectivity index (χ0v) is 28.1. The number of amides is 4. The molecule has 1 saturated carbocycles. The number of aromatic nitrogens is 2. The van der Waals surface area contributed by atoms with Crippen LogP contribution in [0.1, 0.15) is 97.2 Å². The molecule has 1 fully saturated rings. The molecule has 1 aromatic carbocycles. The van der Waals surface area contributed by atoms with Crippen LogP contribution in [0, 0.1) is 11.8 Å². The molecule has 0 spiro atoms. The maximum absolute atomic E-state index is 14.2. The number of aliphatic hydroxyl groups excluding tert-OH is 1. The number of carbonyl (C=O) groups excluding carboxylic acids is 3. The molecule has 45 heavy (non-hydrogen) atoms. The third kappa shape index (κ3) is 12.5. The molecule has 10 nitrogen and oxygen atoms in total. The average molecular weight is 625 g/mol. The maximum atomic E-state index is 14.2. The van der Waals surface area contributed by atoms with Crippen LogP contribution in [-0.2, 0) is 22.4 Å². The van der Waals surface area contributed by atoms with Crippen molar-refractivity contribution in [2.75, 3.05) is 7.05 Å². The number of hydrogen-bond acceptors (Lipinski definition) is 5. The Kier molecular flexibility index (Phi) is 13.9. The number of imidazole rings is 1. The zero-order chi connectivity index (χ0) is 33.0. The van der Waals surface area contributed by atoms with Gasteiger partial charge >= 0.3 is 6.03 Å². The summed E-state index contributed by atoms with van der Waals surface area (Å²) in [5.41, 5.74) is 1.09. The number of aromatic amines is 1. The molecular formula is C35H56N6O4. The van der Waals surface area contributed by atoms with Gasteiger partial charge in [0.2, 0.25) is 11.8 Å². The summed E-state index contributed by atoms with van der Waals surface area (Å²) in [4.78, 5) is 49.9. The van der Waals surface area contributed by atoms with Crippen LogP contribution in [0.5, 0.6) is 0 Å². The third-order valence-electron chi connectivity index (χ3n) is 8.60. The van der Waals surface area contributed by atoms with Crippen LogP contribution < -0.4 is 16.0 Å². The normalized spacial score (nSPS) is 16.8. The second-order valence-electron chi connectivity index (χ2n) is 14.2. The highest BCUT2D eigenvalue weighted by molar-refractivity contribution is 5.92. The fourth-order valence-electron chi connectivity index (χ4n) is 6.07. The first-order valence-electron chi connectivity index (χ1n) is 16.7. The van der Waals surface area contributed by atoms with Gasteiger partial charge in [-0.3, -0.25) is 9.59 Å². The molecule has 4 atom stereocenters. The molecule has 1 aliphatic rings. The number of hydrogen-bond donors (Lipinski definition) is 5. The van der Waals surface area contributed by atoms with Crippen molar-refractivity contribution in [2.24, 2.45) is 11.8 Å². The first-order chi connectivity index (χ1) is 21.3. The van der Waals surface area contributed by atoms with Crippen molar-refractivity contribution >= 4 is 17.8 Å². The summed E-state index contributed by atoms with van der Waals surface area (Å²) in [5, 5.41) is 20.2. The fourth-order valence-corrected chi connectivity index (χ4v) is 6.07. The lowest BCUT2D eigenvalue weighted by atomic mass is 9.83. The van der Waals surface area contributed by atoms with Crippen LogP contribution in [0.15, 0.2) is 42.9 Å². The smallest absolute Gasteiger partial charge is 0.315 e. The lowest BCUT2D eigenvalue weighted by molar-refractivity contribution is -0.141. The standard InChI is InChI=1S/C35H56N6O4/c1-24(2)17-18-31(42)28(19-25-13-9-7-10-14-25)38-32(43)30(21-27-22-36-23-37-27)41(6)33(44)29(20-26-15-11-8-12-16-26)39-34(45)40-35(3,4)5/h8,11-12,15-16,22-25,28-31,42H,7,9-10,13-14,17-21H2,1-6H3,(H,36,37)(H,38,43)(H2,39,40,45)/t28-,29-,30-,31-/m0/s1. The third-order valence-corrected chi connectivity index (χ3v) is 8.60. The van der Waals surface area contributed by atoms with E-state index in [-0.39, 0.29) is 24.7 Å². The van der Waals surface area contributed by atoms with Crippen LogP contribution in [0.2, 0.25) is 0 Å². The van der Waals surface area contributed by atoms with Gasteiger partial charge in [-0.15, -0.1) is 0 Å². The van der Waals surface area contributed by atoms with Gasteiger partial charge in [0.05, 0.1) is 18.5 Å². The van der Waals surface area contributed by atoms with E-state index in [1.807, 2.05) is 51.1 Å². The predicted molar refractivity (Wildman–Crippen MR) is 177 cm³/mol. The summed E-state index contributed by atoms with van der Waals surface area (Å²) in [6.45, 7) is 9.87. The van der Waals surface area contributed by atoms with Gasteiger partial charge in [-0.25, -0.2) is 9.78 Å². The number of urea groups is 1. The number of nitrogens with one attached hydrogen (secondary N) is 4. The van der Waals surface area contributed by atoms with Gasteiger partial charge in [0, 0.05) is 37.3 Å². The quantitative estimate of drug-likeness (QED) is 0.195. The van der Waals surface area contributed by atoms with Gasteiger partial charge in [-0.1, -0.05) is 76.3 Å². The van der Waals surface area contributed by atoms with E-state index in [0.29, 0.717) is 30.4 Å². The summed E-state index contributed by atoms with van der Waals surface area (Å²) in [7, 11) is 1.61. The highest BCUT2D eigenvalue weighted by Crippen LogP contribution is 2.29. The number of carbonyl (C=O) groups is 3. The molecule has 0 saturated heterocycles. The van der Waals surface area contributed by atoms with Crippen molar-refractivity contribution in [3.8, 4) is 0 Å². The minimum Gasteiger partial charge on any atom is -0.391 e. The van der Waals surface area contributed by atoms with E-state index in [1.54, 1.807) is 19.6 Å². The van der Waals surface area contributed by atoms with Crippen LogP contribution in [0.25, 0.3) is 0 Å². The van der Waals surface area contributed by atoms with Gasteiger partial charge in [-0.2, -0.15) is 0 Å². The van der Waals surface area contributed by atoms with Crippen molar-refractivity contribution in [3.05, 3.63) is 54.1 Å². The van der Waals surface area contributed by atoms with Crippen molar-refractivity contribution in [3.63, 3.8) is 0 Å². The number of H-pyrrole nitrogens is 1. The van der Waals surface area contributed by atoms with Gasteiger partial charge in [-0.05, 0) is 57.4 Å². The summed E-state index contributed by atoms with van der Waals surface area (Å²) < 4.78 is 0. The highest BCUT2D eigenvalue weighted by atomic mass is 16.3. The Hall–Kier alpha value is -3.40. The number of aliphatic hydroxyl groups is 1. The summed E-state index contributed by atoms with van der Waals surface area (Å²) in [5.74, 6) is 0.172. The van der Waals surface area contributed by atoms with Crippen LogP contribution >= 0.6 is 0 Å². The molecule has 0 aliphatic heterocycles. The molecule has 1 heterocycles. The number of benzene rings is 1. The number of likely N-dealkylation sites (N-methyl/N-ethyl adjacent to an activating group) is 1. The Labute approximate surface area is 269 Å². The Bertz CT molecular complexity index is 1170. The van der Waals surface area contributed by atoms with Gasteiger partial charge in [0.25, 0.3) is 0 Å². The number of rotatable bonds is 15. The van der Waals surface area contributed by atoms with Crippen LogP contribution in [0.3, 0.4) is 0 Å². The molecule has 10 heteroatoms. The molecule has 1 aliphatic carbocycles. The Morgan fingerprint density at radius 3 is 2.31 bits per heavy atom. The highest BCUT2D eigenvalue weighted by Gasteiger charge is 2.35. The van der Waals surface area contributed by atoms with Gasteiger partial charge in [0.1, 0.15) is 12.1 Å². The summed E-state index contributed by atoms with van der Waals surface area (Å²) in [6, 6.07) is 6.82. The van der Waals surface area contributed by atoms with Crippen molar-refractivity contribution in [1.82, 2.24) is 30.8 Å². The lowest BCUT2D eigenvalue weighted by Gasteiger charge is -2.35. The Morgan fingerprint density at radius 2 is 1.71 bits per heavy atom. The van der Waals surface area contributed by atoms with Gasteiger partial charge < -0.3 is 30.9 Å². The van der Waals surface area contributed by atoms with Gasteiger partial charge in [0.15, 0.2) is 0 Å². The molecule has 3 rings (SSSR count). The average Bonchev–Trinajstić information content (AvgIpc) is 3.51. The molecule has 0 radical (unpaired) electrons. The van der Waals surface area contributed by atoms with E-state index in [1.165, 1.54) is 24.2 Å². The van der Waals surface area contributed by atoms with Crippen LogP contribution in [0.4, 0.5) is 4.79 Å². The van der Waals surface area contributed by atoms with Crippen LogP contribution in [-0.4, -0.2) is 74.6 Å². The molecule has 250 valence electrons. The van der Waals surface area contributed by atoms with E-state index >= 15 is 0 Å². The van der Waals surface area contributed by atoms with Crippen molar-refractivity contribution in [1.29, 1.82) is 0 Å². The zero-order valence-electron chi connectivity index (χ0n) is 28.1. The van der Waals surface area contributed by atoms with E-state index in [2.05, 4.69) is 39.8 Å². The van der Waals surface area contributed by atoms with Crippen molar-refractivity contribution < 1.29 is 19.5 Å². The minimum absolute atomic E-state index is 0.207. The molecule has 4 amide bonds. The summed E-state index contributed by atoms with van der Waals surface area (Å²) >= 11 is 0. The maximum Gasteiger partial charge on any atom is 0.315 e. The lowest BCUT2D eigenvalue weighted by Crippen LogP contribution is -2.59. The molecule has 0 unspecified atom stereocenters. The fraction of sp³-hybridized carbons (Fsp3) is 0.657. The van der Waals surface area contributed by atoms with E-state index < -0.39 is 35.8 Å². The Morgan fingerprint density at radius 1 is 1.02 bits per heavy atom. The molecule has 0 bridgehead atoms. The van der Waals surface area contributed by atoms with E-state index in [9.17, 15) is 19.5 Å². The predicted octanol–water partition coefficient (Wildman–Crippen LogP) is 4.74. The van der Waals surface area contributed by atoms with E-state index in [0.717, 1.165) is 24.8 Å². The second kappa shape index (κ2) is 17.3. The SMILES string of the molecule is CC(C)CC[C@H](O)[C@H](CC1CCCCC1)NC(=O)[C@H](Cc1cnc[nH]1)N(C)C(=O)[C@H](Cc1ccccc1)NC(=O)NC(C)(C)C. The van der Waals surface area contributed by atoms with Crippen molar-refractivity contribution in [2.45, 2.75) is 129 Å². The first-order valence-corrected chi connectivity index (χ1v) is 16.7. The van der Waals surface area contributed by atoms with E-state index in [4.69, 9.17) is 0 Å². The topological polar surface area (TPSA) is 139 Å². The minimum atomic E-state index is -0.911. The molecular weight excluding hydrogens is 568 g/mol. The first kappa shape index (κ1) is 36.1. The number of nitrogens with zero attached hydrogens (tertiary/aromatic N) is 2. The summed E-state index contributed by atoms with van der Waals surface area (Å²) in [6.07, 6.45) is 10.9.